The van der Waals surface area contributed by atoms with Gasteiger partial charge in [-0.25, -0.2) is 8.42 Å². The Bertz CT molecular complexity index is 858. The summed E-state index contributed by atoms with van der Waals surface area (Å²) in [4.78, 5) is 11.8. The van der Waals surface area contributed by atoms with E-state index in [4.69, 9.17) is 0 Å². The Morgan fingerprint density at radius 2 is 1.80 bits per heavy atom. The van der Waals surface area contributed by atoms with Crippen molar-refractivity contribution < 1.29 is 13.2 Å². The van der Waals surface area contributed by atoms with Crippen LogP contribution in [0.5, 0.6) is 0 Å². The Balaban J connectivity index is 1.98. The Kier molecular flexibility index (Phi) is 5.06. The van der Waals surface area contributed by atoms with Gasteiger partial charge in [-0.05, 0) is 50.3 Å². The van der Waals surface area contributed by atoms with Crippen LogP contribution < -0.4 is 0 Å². The molecular weight excluding hydrogens is 334 g/mol. The first-order chi connectivity index (χ1) is 11.9. The molecule has 4 nitrogen and oxygen atoms in total. The second-order valence-corrected chi connectivity index (χ2v) is 8.59. The van der Waals surface area contributed by atoms with E-state index in [2.05, 4.69) is 0 Å². The molecule has 1 unspecified atom stereocenters. The lowest BCUT2D eigenvalue weighted by Crippen LogP contribution is -2.39. The Hall–Kier alpha value is -1.98. The summed E-state index contributed by atoms with van der Waals surface area (Å²) >= 11 is 0. The summed E-state index contributed by atoms with van der Waals surface area (Å²) in [6.07, 6.45) is 2.13. The van der Waals surface area contributed by atoms with Gasteiger partial charge in [0, 0.05) is 18.2 Å². The van der Waals surface area contributed by atoms with Crippen LogP contribution in [0.4, 0.5) is 0 Å². The summed E-state index contributed by atoms with van der Waals surface area (Å²) in [7, 11) is -3.68. The van der Waals surface area contributed by atoms with Gasteiger partial charge in [-0.1, -0.05) is 42.5 Å². The van der Waals surface area contributed by atoms with E-state index >= 15 is 0 Å². The van der Waals surface area contributed by atoms with Crippen molar-refractivity contribution in [2.45, 2.75) is 44.2 Å². The van der Waals surface area contributed by atoms with Crippen molar-refractivity contribution in [2.75, 3.05) is 0 Å². The molecule has 0 aliphatic heterocycles. The highest BCUT2D eigenvalue weighted by Crippen LogP contribution is 2.37. The molecule has 0 bridgehead atoms. The zero-order valence-electron chi connectivity index (χ0n) is 14.6. The highest BCUT2D eigenvalue weighted by atomic mass is 32.2. The molecule has 1 aliphatic carbocycles. The molecule has 132 valence electrons. The van der Waals surface area contributed by atoms with Gasteiger partial charge in [0.2, 0.25) is 10.0 Å². The van der Waals surface area contributed by atoms with E-state index in [9.17, 15) is 13.2 Å². The van der Waals surface area contributed by atoms with E-state index in [0.717, 1.165) is 18.4 Å². The lowest BCUT2D eigenvalue weighted by molar-refractivity contribution is 0.101. The standard InChI is InChI=1S/C20H23NO3S/c1-15(18-11-12-18)21(14-17-7-4-3-5-8-17)25(23,24)20-10-6-9-19(13-20)16(2)22/h3-10,13,15,18H,11-12,14H2,1-2H3. The molecular formula is C20H23NO3S. The highest BCUT2D eigenvalue weighted by molar-refractivity contribution is 7.89. The average Bonchev–Trinajstić information content (AvgIpc) is 3.45. The fourth-order valence-corrected chi connectivity index (χ4v) is 4.76. The molecule has 0 radical (unpaired) electrons. The Morgan fingerprint density at radius 3 is 2.40 bits per heavy atom. The van der Waals surface area contributed by atoms with E-state index in [1.165, 1.54) is 13.0 Å². The molecule has 0 spiro atoms. The van der Waals surface area contributed by atoms with E-state index < -0.39 is 10.0 Å². The summed E-state index contributed by atoms with van der Waals surface area (Å²) in [5.74, 6) is 0.274. The average molecular weight is 357 g/mol. The SMILES string of the molecule is CC(=O)c1cccc(S(=O)(=O)N(Cc2ccccc2)C(C)C2CC2)c1. The van der Waals surface area contributed by atoms with Crippen molar-refractivity contribution >= 4 is 15.8 Å². The normalized spacial score (nSPS) is 16.0. The molecule has 0 heterocycles. The minimum atomic E-state index is -3.68. The molecule has 1 fully saturated rings. The van der Waals surface area contributed by atoms with Gasteiger partial charge in [0.05, 0.1) is 4.90 Å². The Morgan fingerprint density at radius 1 is 1.12 bits per heavy atom. The van der Waals surface area contributed by atoms with Gasteiger partial charge >= 0.3 is 0 Å². The minimum absolute atomic E-state index is 0.0637. The highest BCUT2D eigenvalue weighted by Gasteiger charge is 2.38. The summed E-state index contributed by atoms with van der Waals surface area (Å²) in [6, 6.07) is 15.9. The fourth-order valence-electron chi connectivity index (χ4n) is 3.04. The van der Waals surface area contributed by atoms with Crippen LogP contribution in [0.25, 0.3) is 0 Å². The number of Topliss-reactive ketones (excluding diaryl/α,β-unsaturated/α-hetero) is 1. The van der Waals surface area contributed by atoms with Crippen LogP contribution >= 0.6 is 0 Å². The van der Waals surface area contributed by atoms with Crippen LogP contribution in [0, 0.1) is 5.92 Å². The number of hydrogen-bond donors (Lipinski definition) is 0. The predicted molar refractivity (Wildman–Crippen MR) is 97.8 cm³/mol. The first kappa shape index (κ1) is 17.8. The molecule has 0 amide bonds. The molecule has 0 aromatic heterocycles. The van der Waals surface area contributed by atoms with Gasteiger partial charge in [0.25, 0.3) is 0 Å². The molecule has 25 heavy (non-hydrogen) atoms. The summed E-state index contributed by atoms with van der Waals surface area (Å²) in [5.41, 5.74) is 1.38. The summed E-state index contributed by atoms with van der Waals surface area (Å²) < 4.78 is 28.2. The van der Waals surface area contributed by atoms with Gasteiger partial charge in [-0.2, -0.15) is 4.31 Å². The number of nitrogens with zero attached hydrogens (tertiary/aromatic N) is 1. The second-order valence-electron chi connectivity index (χ2n) is 6.70. The fraction of sp³-hybridized carbons (Fsp3) is 0.350. The van der Waals surface area contributed by atoms with Crippen molar-refractivity contribution in [2.24, 2.45) is 5.92 Å². The number of benzene rings is 2. The van der Waals surface area contributed by atoms with Crippen LogP contribution in [0.2, 0.25) is 0 Å². The topological polar surface area (TPSA) is 54.5 Å². The van der Waals surface area contributed by atoms with Crippen molar-refractivity contribution in [1.82, 2.24) is 4.31 Å². The molecule has 0 saturated heterocycles. The summed E-state index contributed by atoms with van der Waals surface area (Å²) in [6.45, 7) is 3.76. The number of carbonyl (C=O) groups is 1. The van der Waals surface area contributed by atoms with Crippen molar-refractivity contribution in [1.29, 1.82) is 0 Å². The Labute approximate surface area is 149 Å². The molecule has 0 N–H and O–H groups in total. The van der Waals surface area contributed by atoms with Crippen LogP contribution in [-0.2, 0) is 16.6 Å². The third-order valence-electron chi connectivity index (χ3n) is 4.79. The van der Waals surface area contributed by atoms with E-state index in [-0.39, 0.29) is 16.7 Å². The van der Waals surface area contributed by atoms with Gasteiger partial charge in [0.1, 0.15) is 0 Å². The number of rotatable bonds is 7. The summed E-state index contributed by atoms with van der Waals surface area (Å²) in [5, 5.41) is 0. The first-order valence-electron chi connectivity index (χ1n) is 8.56. The van der Waals surface area contributed by atoms with Gasteiger partial charge < -0.3 is 0 Å². The molecule has 1 aliphatic rings. The van der Waals surface area contributed by atoms with Gasteiger partial charge in [0.15, 0.2) is 5.78 Å². The zero-order valence-corrected chi connectivity index (χ0v) is 15.4. The van der Waals surface area contributed by atoms with Crippen molar-refractivity contribution in [3.63, 3.8) is 0 Å². The maximum absolute atomic E-state index is 13.3. The number of carbonyl (C=O) groups excluding carboxylic acids is 1. The molecule has 2 aromatic rings. The molecule has 5 heteroatoms. The van der Waals surface area contributed by atoms with Crippen molar-refractivity contribution in [3.05, 3.63) is 65.7 Å². The van der Waals surface area contributed by atoms with E-state index in [1.807, 2.05) is 37.3 Å². The van der Waals surface area contributed by atoms with Crippen LogP contribution in [0.15, 0.2) is 59.5 Å². The minimum Gasteiger partial charge on any atom is -0.295 e. The number of ketones is 1. The maximum atomic E-state index is 13.3. The third kappa shape index (κ3) is 3.99. The smallest absolute Gasteiger partial charge is 0.243 e. The molecule has 3 rings (SSSR count). The third-order valence-corrected chi connectivity index (χ3v) is 6.72. The number of sulfonamides is 1. The largest absolute Gasteiger partial charge is 0.295 e. The van der Waals surface area contributed by atoms with Gasteiger partial charge in [-0.3, -0.25) is 4.79 Å². The second kappa shape index (κ2) is 7.10. The van der Waals surface area contributed by atoms with Crippen LogP contribution in [-0.4, -0.2) is 24.5 Å². The van der Waals surface area contributed by atoms with Gasteiger partial charge in [-0.15, -0.1) is 0 Å². The van der Waals surface area contributed by atoms with Crippen LogP contribution in [0.3, 0.4) is 0 Å². The monoisotopic (exact) mass is 357 g/mol. The lowest BCUT2D eigenvalue weighted by atomic mass is 10.1. The maximum Gasteiger partial charge on any atom is 0.243 e. The van der Waals surface area contributed by atoms with E-state index in [1.54, 1.807) is 22.5 Å². The predicted octanol–water partition coefficient (Wildman–Crippen LogP) is 3.88. The molecule has 1 saturated carbocycles. The van der Waals surface area contributed by atoms with Crippen LogP contribution in [0.1, 0.15) is 42.6 Å². The first-order valence-corrected chi connectivity index (χ1v) is 10.0. The van der Waals surface area contributed by atoms with E-state index in [0.29, 0.717) is 18.0 Å². The zero-order chi connectivity index (χ0) is 18.0. The van der Waals surface area contributed by atoms with Crippen molar-refractivity contribution in [3.8, 4) is 0 Å². The molecule has 1 atom stereocenters. The molecule has 2 aromatic carbocycles. The lowest BCUT2D eigenvalue weighted by Gasteiger charge is -2.28. The number of hydrogen-bond acceptors (Lipinski definition) is 3. The quantitative estimate of drug-likeness (QED) is 0.707.